The van der Waals surface area contributed by atoms with Crippen molar-refractivity contribution in [3.63, 3.8) is 0 Å². The van der Waals surface area contributed by atoms with E-state index >= 15 is 0 Å². The number of carbonyl (C=O) groups excluding carboxylic acids is 1. The number of nitrogens with zero attached hydrogens (tertiary/aromatic N) is 2. The molecule has 2 aromatic rings. The first-order valence-electron chi connectivity index (χ1n) is 6.30. The molecular weight excluding hydrogens is 256 g/mol. The Morgan fingerprint density at radius 2 is 2.20 bits per heavy atom. The summed E-state index contributed by atoms with van der Waals surface area (Å²) in [4.78, 5) is 11.8. The number of benzene rings is 1. The molecule has 6 nitrogen and oxygen atoms in total. The summed E-state index contributed by atoms with van der Waals surface area (Å²) in [6.45, 7) is 4.08. The third-order valence-electron chi connectivity index (χ3n) is 2.86. The van der Waals surface area contributed by atoms with E-state index in [0.717, 1.165) is 5.69 Å². The minimum atomic E-state index is -0.434. The van der Waals surface area contributed by atoms with Crippen molar-refractivity contribution < 1.29 is 9.53 Å². The number of ether oxygens (including phenoxy) is 1. The van der Waals surface area contributed by atoms with E-state index in [2.05, 4.69) is 10.4 Å². The van der Waals surface area contributed by atoms with Gasteiger partial charge >= 0.3 is 5.97 Å². The summed E-state index contributed by atoms with van der Waals surface area (Å²) in [5.74, 6) is -0.434. The molecule has 3 N–H and O–H groups in total. The van der Waals surface area contributed by atoms with Crippen LogP contribution < -0.4 is 11.1 Å². The molecule has 6 heteroatoms. The number of esters is 1. The zero-order valence-corrected chi connectivity index (χ0v) is 11.8. The molecule has 0 saturated carbocycles. The van der Waals surface area contributed by atoms with Crippen LogP contribution in [0, 0.1) is 0 Å². The van der Waals surface area contributed by atoms with Crippen molar-refractivity contribution in [2.24, 2.45) is 0 Å². The highest BCUT2D eigenvalue weighted by Gasteiger charge is 2.13. The van der Waals surface area contributed by atoms with Crippen LogP contribution in [0.1, 0.15) is 30.2 Å². The molecule has 1 aromatic heterocycles. The van der Waals surface area contributed by atoms with Gasteiger partial charge in [-0.1, -0.05) is 0 Å². The van der Waals surface area contributed by atoms with E-state index in [1.165, 1.54) is 7.11 Å². The van der Waals surface area contributed by atoms with Crippen molar-refractivity contribution in [3.8, 4) is 0 Å². The van der Waals surface area contributed by atoms with Gasteiger partial charge in [0.15, 0.2) is 0 Å². The fourth-order valence-corrected chi connectivity index (χ4v) is 1.79. The summed E-state index contributed by atoms with van der Waals surface area (Å²) in [5, 5.41) is 7.39. The van der Waals surface area contributed by atoms with E-state index in [9.17, 15) is 4.79 Å². The Morgan fingerprint density at radius 1 is 1.45 bits per heavy atom. The molecule has 0 aliphatic carbocycles. The Hall–Kier alpha value is -2.50. The van der Waals surface area contributed by atoms with E-state index in [4.69, 9.17) is 10.5 Å². The minimum absolute atomic E-state index is 0.275. The SMILES string of the molecule is COC(=O)c1cc(N)ccc1Nc1cnn(C(C)C)c1. The summed E-state index contributed by atoms with van der Waals surface area (Å²) in [6, 6.07) is 5.33. The fourth-order valence-electron chi connectivity index (χ4n) is 1.79. The van der Waals surface area contributed by atoms with Crippen molar-refractivity contribution in [1.82, 2.24) is 9.78 Å². The predicted octanol–water partition coefficient (Wildman–Crippen LogP) is 2.58. The quantitative estimate of drug-likeness (QED) is 0.661. The smallest absolute Gasteiger partial charge is 0.340 e. The number of anilines is 3. The second-order valence-electron chi connectivity index (χ2n) is 4.72. The van der Waals surface area contributed by atoms with Gasteiger partial charge in [-0.15, -0.1) is 0 Å². The first-order valence-corrected chi connectivity index (χ1v) is 6.30. The van der Waals surface area contributed by atoms with Gasteiger partial charge in [-0.2, -0.15) is 5.10 Å². The molecule has 0 unspecified atom stereocenters. The molecule has 0 bridgehead atoms. The topological polar surface area (TPSA) is 82.2 Å². The van der Waals surface area contributed by atoms with Gasteiger partial charge in [0.05, 0.1) is 30.2 Å². The maximum Gasteiger partial charge on any atom is 0.340 e. The number of hydrogen-bond donors (Lipinski definition) is 2. The molecule has 0 aliphatic rings. The van der Waals surface area contributed by atoms with E-state index in [1.807, 2.05) is 24.7 Å². The fraction of sp³-hybridized carbons (Fsp3) is 0.286. The first kappa shape index (κ1) is 13.9. The maximum atomic E-state index is 11.8. The number of aromatic nitrogens is 2. The standard InChI is InChI=1S/C14H18N4O2/c1-9(2)18-8-11(7-16-18)17-13-5-4-10(15)6-12(13)14(19)20-3/h4-9,17H,15H2,1-3H3. The Morgan fingerprint density at radius 3 is 2.80 bits per heavy atom. The highest BCUT2D eigenvalue weighted by atomic mass is 16.5. The van der Waals surface area contributed by atoms with Gasteiger partial charge in [-0.3, -0.25) is 4.68 Å². The summed E-state index contributed by atoms with van der Waals surface area (Å²) in [5.41, 5.74) is 8.04. The van der Waals surface area contributed by atoms with Crippen molar-refractivity contribution in [1.29, 1.82) is 0 Å². The normalized spacial score (nSPS) is 10.6. The van der Waals surface area contributed by atoms with Crippen molar-refractivity contribution in [2.45, 2.75) is 19.9 Å². The minimum Gasteiger partial charge on any atom is -0.465 e. The molecule has 106 valence electrons. The van der Waals surface area contributed by atoms with Gasteiger partial charge < -0.3 is 15.8 Å². The number of hydrogen-bond acceptors (Lipinski definition) is 5. The van der Waals surface area contributed by atoms with E-state index in [-0.39, 0.29) is 6.04 Å². The van der Waals surface area contributed by atoms with E-state index in [1.54, 1.807) is 24.4 Å². The zero-order chi connectivity index (χ0) is 14.7. The van der Waals surface area contributed by atoms with Crippen molar-refractivity contribution in [2.75, 3.05) is 18.2 Å². The molecule has 0 radical (unpaired) electrons. The molecule has 0 saturated heterocycles. The number of carbonyl (C=O) groups is 1. The zero-order valence-electron chi connectivity index (χ0n) is 11.8. The summed E-state index contributed by atoms with van der Waals surface area (Å²) >= 11 is 0. The average Bonchev–Trinajstić information content (AvgIpc) is 2.88. The molecule has 0 amide bonds. The summed E-state index contributed by atoms with van der Waals surface area (Å²) in [7, 11) is 1.34. The summed E-state index contributed by atoms with van der Waals surface area (Å²) in [6.07, 6.45) is 3.58. The van der Waals surface area contributed by atoms with Crippen LogP contribution in [0.5, 0.6) is 0 Å². The van der Waals surface area contributed by atoms with E-state index < -0.39 is 5.97 Å². The molecule has 0 atom stereocenters. The first-order chi connectivity index (χ1) is 9.51. The summed E-state index contributed by atoms with van der Waals surface area (Å²) < 4.78 is 6.59. The maximum absolute atomic E-state index is 11.8. The predicted molar refractivity (Wildman–Crippen MR) is 78.1 cm³/mol. The molecular formula is C14H18N4O2. The van der Waals surface area contributed by atoms with Crippen LogP contribution in [0.25, 0.3) is 0 Å². The molecule has 1 heterocycles. The third kappa shape index (κ3) is 2.90. The van der Waals surface area contributed by atoms with Gasteiger partial charge in [0, 0.05) is 17.9 Å². The van der Waals surface area contributed by atoms with Gasteiger partial charge in [0.25, 0.3) is 0 Å². The van der Waals surface area contributed by atoms with Gasteiger partial charge in [0.1, 0.15) is 0 Å². The van der Waals surface area contributed by atoms with Gasteiger partial charge in [-0.05, 0) is 32.0 Å². The highest BCUT2D eigenvalue weighted by molar-refractivity contribution is 5.97. The number of nitrogens with one attached hydrogen (secondary N) is 1. The average molecular weight is 274 g/mol. The van der Waals surface area contributed by atoms with Crippen molar-refractivity contribution in [3.05, 3.63) is 36.2 Å². The lowest BCUT2D eigenvalue weighted by Crippen LogP contribution is -2.06. The lowest BCUT2D eigenvalue weighted by atomic mass is 10.1. The second-order valence-corrected chi connectivity index (χ2v) is 4.72. The van der Waals surface area contributed by atoms with Crippen LogP contribution in [-0.4, -0.2) is 22.9 Å². The molecule has 1 aromatic carbocycles. The van der Waals surface area contributed by atoms with Crippen LogP contribution in [0.4, 0.5) is 17.1 Å². The van der Waals surface area contributed by atoms with Crippen LogP contribution in [0.3, 0.4) is 0 Å². The van der Waals surface area contributed by atoms with Gasteiger partial charge in [-0.25, -0.2) is 4.79 Å². The Kier molecular flexibility index (Phi) is 3.93. The number of nitrogen functional groups attached to an aromatic ring is 1. The van der Waals surface area contributed by atoms with Crippen LogP contribution in [0.15, 0.2) is 30.6 Å². The Balaban J connectivity index is 2.30. The lowest BCUT2D eigenvalue weighted by molar-refractivity contribution is 0.0602. The van der Waals surface area contributed by atoms with Crippen LogP contribution in [0.2, 0.25) is 0 Å². The van der Waals surface area contributed by atoms with Crippen LogP contribution >= 0.6 is 0 Å². The van der Waals surface area contributed by atoms with Crippen LogP contribution in [-0.2, 0) is 4.74 Å². The second kappa shape index (κ2) is 5.64. The Bertz CT molecular complexity index is 619. The Labute approximate surface area is 117 Å². The number of methoxy groups -OCH3 is 1. The molecule has 20 heavy (non-hydrogen) atoms. The van der Waals surface area contributed by atoms with Crippen molar-refractivity contribution >= 4 is 23.0 Å². The number of rotatable bonds is 4. The molecule has 0 fully saturated rings. The molecule has 0 aliphatic heterocycles. The van der Waals surface area contributed by atoms with Gasteiger partial charge in [0.2, 0.25) is 0 Å². The molecule has 2 rings (SSSR count). The molecule has 0 spiro atoms. The highest BCUT2D eigenvalue weighted by Crippen LogP contribution is 2.24. The number of nitrogens with two attached hydrogens (primary N) is 1. The lowest BCUT2D eigenvalue weighted by Gasteiger charge is -2.10. The van der Waals surface area contributed by atoms with E-state index in [0.29, 0.717) is 16.9 Å². The third-order valence-corrected chi connectivity index (χ3v) is 2.86. The largest absolute Gasteiger partial charge is 0.465 e. The monoisotopic (exact) mass is 274 g/mol.